The van der Waals surface area contributed by atoms with Gasteiger partial charge in [-0.25, -0.2) is 0 Å². The topological polar surface area (TPSA) is 57.4 Å². The average Bonchev–Trinajstić information content (AvgIpc) is 2.66. The second kappa shape index (κ2) is 9.47. The molecule has 0 fully saturated rings. The lowest BCUT2D eigenvalue weighted by molar-refractivity contribution is 0.320. The maximum Gasteiger partial charge on any atom is 0.128 e. The molecule has 0 atom stereocenters. The Morgan fingerprint density at radius 2 is 1.64 bits per heavy atom. The number of benzene rings is 2. The first-order valence-corrected chi connectivity index (χ1v) is 8.56. The molecule has 0 amide bonds. The Kier molecular flexibility index (Phi) is 7.01. The molecular formula is C20H25N3O2. The highest BCUT2D eigenvalue weighted by Crippen LogP contribution is 2.19. The number of oxime groups is 1. The van der Waals surface area contributed by atoms with Crippen LogP contribution in [-0.2, 0) is 0 Å². The molecule has 0 aromatic heterocycles. The van der Waals surface area contributed by atoms with Crippen molar-refractivity contribution in [3.05, 3.63) is 54.1 Å². The van der Waals surface area contributed by atoms with Crippen molar-refractivity contribution in [1.29, 1.82) is 0 Å². The van der Waals surface area contributed by atoms with Crippen molar-refractivity contribution in [3.8, 4) is 5.75 Å². The molecular weight excluding hydrogens is 314 g/mol. The number of aliphatic imine (C=N–C) groups is 1. The zero-order chi connectivity index (χ0) is 18.1. The van der Waals surface area contributed by atoms with E-state index in [0.29, 0.717) is 12.3 Å². The van der Waals surface area contributed by atoms with Gasteiger partial charge in [-0.05, 0) is 69.3 Å². The van der Waals surface area contributed by atoms with E-state index in [1.54, 1.807) is 6.21 Å². The molecule has 0 heterocycles. The van der Waals surface area contributed by atoms with Gasteiger partial charge in [0.1, 0.15) is 11.5 Å². The summed E-state index contributed by atoms with van der Waals surface area (Å²) in [5, 5.41) is 12.6. The van der Waals surface area contributed by atoms with Crippen LogP contribution in [0.3, 0.4) is 0 Å². The van der Waals surface area contributed by atoms with Crippen LogP contribution in [0.25, 0.3) is 0 Å². The summed E-state index contributed by atoms with van der Waals surface area (Å²) in [6.45, 7) is 8.76. The van der Waals surface area contributed by atoms with Gasteiger partial charge in [-0.1, -0.05) is 5.16 Å². The second-order valence-electron chi connectivity index (χ2n) is 5.39. The van der Waals surface area contributed by atoms with Crippen molar-refractivity contribution in [2.24, 2.45) is 10.1 Å². The van der Waals surface area contributed by atoms with Gasteiger partial charge < -0.3 is 14.8 Å². The summed E-state index contributed by atoms with van der Waals surface area (Å²) in [5.74, 6) is 0.785. The first-order valence-electron chi connectivity index (χ1n) is 8.56. The molecule has 1 N–H and O–H groups in total. The molecule has 2 rings (SSSR count). The molecule has 0 aliphatic carbocycles. The Balaban J connectivity index is 2.10. The summed E-state index contributed by atoms with van der Waals surface area (Å²) in [6, 6.07) is 15.4. The van der Waals surface area contributed by atoms with Crippen molar-refractivity contribution < 1.29 is 9.94 Å². The number of hydrogen-bond acceptors (Lipinski definition) is 5. The van der Waals surface area contributed by atoms with E-state index >= 15 is 0 Å². The highest BCUT2D eigenvalue weighted by molar-refractivity contribution is 6.38. The molecule has 132 valence electrons. The minimum Gasteiger partial charge on any atom is -0.494 e. The molecule has 0 aliphatic rings. The van der Waals surface area contributed by atoms with Crippen LogP contribution in [0.4, 0.5) is 11.4 Å². The van der Waals surface area contributed by atoms with Crippen LogP contribution in [0.15, 0.2) is 58.7 Å². The Morgan fingerprint density at radius 3 is 2.16 bits per heavy atom. The molecule has 2 aromatic rings. The van der Waals surface area contributed by atoms with Crippen molar-refractivity contribution in [2.75, 3.05) is 24.6 Å². The van der Waals surface area contributed by atoms with Crippen molar-refractivity contribution >= 4 is 23.3 Å². The molecule has 2 aromatic carbocycles. The van der Waals surface area contributed by atoms with Gasteiger partial charge in [0.05, 0.1) is 18.5 Å². The van der Waals surface area contributed by atoms with Gasteiger partial charge in [-0.3, -0.25) is 4.99 Å². The zero-order valence-electron chi connectivity index (χ0n) is 15.0. The van der Waals surface area contributed by atoms with E-state index in [9.17, 15) is 5.21 Å². The standard InChI is InChI=1S/C20H25N3O2/c1-4-23(5-2)18-11-9-17(10-12-18)21-15-20(22-24)16-7-13-19(14-8-16)25-6-3/h7-15,24H,4-6H2,1-3H3. The predicted octanol–water partition coefficient (Wildman–Crippen LogP) is 4.51. The van der Waals surface area contributed by atoms with Crippen molar-refractivity contribution in [3.63, 3.8) is 0 Å². The minimum atomic E-state index is 0.399. The van der Waals surface area contributed by atoms with Gasteiger partial charge in [-0.2, -0.15) is 0 Å². The third kappa shape index (κ3) is 5.08. The molecule has 0 saturated carbocycles. The van der Waals surface area contributed by atoms with Crippen LogP contribution in [0.2, 0.25) is 0 Å². The minimum absolute atomic E-state index is 0.399. The number of ether oxygens (including phenoxy) is 1. The SMILES string of the molecule is CCOc1ccc(C(C=Nc2ccc(N(CC)CC)cc2)=NO)cc1. The highest BCUT2D eigenvalue weighted by atomic mass is 16.5. The predicted molar refractivity (Wildman–Crippen MR) is 104 cm³/mol. The molecule has 5 heteroatoms. The fourth-order valence-electron chi connectivity index (χ4n) is 2.52. The quantitative estimate of drug-likeness (QED) is 0.437. The molecule has 0 unspecified atom stereocenters. The Bertz CT molecular complexity index is 703. The molecule has 0 radical (unpaired) electrons. The van der Waals surface area contributed by atoms with Gasteiger partial charge in [0, 0.05) is 24.3 Å². The third-order valence-corrected chi connectivity index (χ3v) is 3.88. The van der Waals surface area contributed by atoms with E-state index < -0.39 is 0 Å². The Hall–Kier alpha value is -2.82. The summed E-state index contributed by atoms with van der Waals surface area (Å²) < 4.78 is 5.41. The normalized spacial score (nSPS) is 11.7. The van der Waals surface area contributed by atoms with E-state index in [0.717, 1.165) is 30.1 Å². The monoisotopic (exact) mass is 339 g/mol. The van der Waals surface area contributed by atoms with Crippen LogP contribution in [0.1, 0.15) is 26.3 Å². The smallest absolute Gasteiger partial charge is 0.128 e. The number of nitrogens with zero attached hydrogens (tertiary/aromatic N) is 3. The summed E-state index contributed by atoms with van der Waals surface area (Å²) in [6.07, 6.45) is 1.56. The first-order chi connectivity index (χ1) is 12.2. The van der Waals surface area contributed by atoms with Crippen LogP contribution >= 0.6 is 0 Å². The fraction of sp³-hybridized carbons (Fsp3) is 0.300. The first kappa shape index (κ1) is 18.5. The van der Waals surface area contributed by atoms with Gasteiger partial charge in [-0.15, -0.1) is 0 Å². The van der Waals surface area contributed by atoms with E-state index in [1.807, 2.05) is 55.5 Å². The van der Waals surface area contributed by atoms with E-state index in [2.05, 4.69) is 28.9 Å². The number of anilines is 1. The lowest BCUT2D eigenvalue weighted by Crippen LogP contribution is -2.21. The summed E-state index contributed by atoms with van der Waals surface area (Å²) in [7, 11) is 0. The van der Waals surface area contributed by atoms with Gasteiger partial charge in [0.25, 0.3) is 0 Å². The highest BCUT2D eigenvalue weighted by Gasteiger charge is 2.03. The number of hydrogen-bond donors (Lipinski definition) is 1. The van der Waals surface area contributed by atoms with E-state index in [-0.39, 0.29) is 0 Å². The van der Waals surface area contributed by atoms with Crippen LogP contribution in [0, 0.1) is 0 Å². The van der Waals surface area contributed by atoms with Gasteiger partial charge >= 0.3 is 0 Å². The lowest BCUT2D eigenvalue weighted by atomic mass is 10.1. The maximum atomic E-state index is 9.27. The summed E-state index contributed by atoms with van der Waals surface area (Å²) >= 11 is 0. The molecule has 0 aliphatic heterocycles. The van der Waals surface area contributed by atoms with Crippen LogP contribution < -0.4 is 9.64 Å². The summed E-state index contributed by atoms with van der Waals surface area (Å²) in [4.78, 5) is 6.67. The van der Waals surface area contributed by atoms with Crippen LogP contribution in [-0.4, -0.2) is 36.8 Å². The average molecular weight is 339 g/mol. The third-order valence-electron chi connectivity index (χ3n) is 3.88. The molecule has 5 nitrogen and oxygen atoms in total. The molecule has 0 bridgehead atoms. The van der Waals surface area contributed by atoms with E-state index in [1.165, 1.54) is 5.69 Å². The van der Waals surface area contributed by atoms with Gasteiger partial charge in [0.2, 0.25) is 0 Å². The maximum absolute atomic E-state index is 9.27. The number of rotatable bonds is 8. The largest absolute Gasteiger partial charge is 0.494 e. The lowest BCUT2D eigenvalue weighted by Gasteiger charge is -2.20. The molecule has 0 spiro atoms. The van der Waals surface area contributed by atoms with Crippen molar-refractivity contribution in [1.82, 2.24) is 0 Å². The van der Waals surface area contributed by atoms with Crippen molar-refractivity contribution in [2.45, 2.75) is 20.8 Å². The zero-order valence-corrected chi connectivity index (χ0v) is 15.0. The Labute approximate surface area is 149 Å². The second-order valence-corrected chi connectivity index (χ2v) is 5.39. The van der Waals surface area contributed by atoms with Crippen LogP contribution in [0.5, 0.6) is 5.75 Å². The molecule has 0 saturated heterocycles. The molecule has 25 heavy (non-hydrogen) atoms. The Morgan fingerprint density at radius 1 is 1.00 bits per heavy atom. The van der Waals surface area contributed by atoms with Gasteiger partial charge in [0.15, 0.2) is 0 Å². The summed E-state index contributed by atoms with van der Waals surface area (Å²) in [5.41, 5.74) is 3.15. The fourth-order valence-corrected chi connectivity index (χ4v) is 2.52. The van der Waals surface area contributed by atoms with E-state index in [4.69, 9.17) is 4.74 Å².